The van der Waals surface area contributed by atoms with Crippen LogP contribution in [0.1, 0.15) is 11.1 Å². The minimum atomic E-state index is -4.96. The van der Waals surface area contributed by atoms with Gasteiger partial charge in [0.2, 0.25) is 0 Å². The van der Waals surface area contributed by atoms with Gasteiger partial charge in [-0.05, 0) is 30.2 Å². The van der Waals surface area contributed by atoms with E-state index in [0.717, 1.165) is 12.1 Å². The van der Waals surface area contributed by atoms with E-state index in [-0.39, 0.29) is 62.9 Å². The zero-order valence-corrected chi connectivity index (χ0v) is 11.6. The van der Waals surface area contributed by atoms with Crippen LogP contribution in [0.3, 0.4) is 0 Å². The molecule has 0 amide bonds. The first-order chi connectivity index (χ1) is 6.38. The molecule has 0 aliphatic carbocycles. The van der Waals surface area contributed by atoms with Gasteiger partial charge in [0.05, 0.1) is 0 Å². The number of benzene rings is 1. The molecule has 0 spiro atoms. The smallest absolute Gasteiger partial charge is 0.445 e. The van der Waals surface area contributed by atoms with Gasteiger partial charge < -0.3 is 12.9 Å². The van der Waals surface area contributed by atoms with Gasteiger partial charge in [-0.15, -0.1) is 5.98 Å². The molecule has 0 N–H and O–H groups in total. The van der Waals surface area contributed by atoms with Crippen LogP contribution < -0.4 is 51.4 Å². The van der Waals surface area contributed by atoms with Crippen molar-refractivity contribution in [2.45, 2.75) is 6.92 Å². The maximum Gasteiger partial charge on any atom is 1.00 e. The van der Waals surface area contributed by atoms with Crippen LogP contribution in [-0.2, 0) is 0 Å². The Morgan fingerprint density at radius 1 is 1.20 bits per heavy atom. The Morgan fingerprint density at radius 3 is 2.33 bits per heavy atom. The van der Waals surface area contributed by atoms with Crippen molar-refractivity contribution in [1.29, 1.82) is 0 Å². The van der Waals surface area contributed by atoms with Crippen LogP contribution in [0.25, 0.3) is 6.08 Å². The van der Waals surface area contributed by atoms with E-state index in [2.05, 4.69) is 0 Å². The molecule has 0 unspecified atom stereocenters. The van der Waals surface area contributed by atoms with Crippen LogP contribution in [0, 0.1) is 12.7 Å². The molecule has 1 rings (SSSR count). The van der Waals surface area contributed by atoms with Gasteiger partial charge >= 0.3 is 58.4 Å². The van der Waals surface area contributed by atoms with Crippen molar-refractivity contribution in [1.82, 2.24) is 0 Å². The number of hydrogen-bond acceptors (Lipinski definition) is 0. The second-order valence-corrected chi connectivity index (χ2v) is 2.99. The Kier molecular flexibility index (Phi) is 6.36. The van der Waals surface area contributed by atoms with Gasteiger partial charge in [0, 0.05) is 0 Å². The third-order valence-corrected chi connectivity index (χ3v) is 1.74. The van der Waals surface area contributed by atoms with Crippen molar-refractivity contribution in [3.63, 3.8) is 0 Å². The molecule has 0 bridgehead atoms. The Hall–Kier alpha value is 0.381. The first-order valence-electron chi connectivity index (χ1n) is 4.04. The van der Waals surface area contributed by atoms with E-state index in [1.165, 1.54) is 12.1 Å². The van der Waals surface area contributed by atoms with E-state index < -0.39 is 12.8 Å². The standard InChI is InChI=1S/C9H8BF4.K/c1-7-2-3-9(11)6-8(7)4-5-10(12,13)14;/h2-6H,1H3;/q-1;+1/b5-4+;. The Labute approximate surface area is 128 Å². The van der Waals surface area contributed by atoms with E-state index in [1.54, 1.807) is 6.92 Å². The second kappa shape index (κ2) is 6.20. The fraction of sp³-hybridized carbons (Fsp3) is 0.111. The number of hydrogen-bond donors (Lipinski definition) is 0. The van der Waals surface area contributed by atoms with Crippen LogP contribution in [0.4, 0.5) is 17.3 Å². The molecule has 1 aromatic carbocycles. The molecule has 1 aromatic rings. The fourth-order valence-corrected chi connectivity index (χ4v) is 1.00. The molecular formula is C9H8BF4K. The summed E-state index contributed by atoms with van der Waals surface area (Å²) in [7, 11) is 0. The zero-order chi connectivity index (χ0) is 10.8. The third kappa shape index (κ3) is 5.87. The molecule has 6 heteroatoms. The zero-order valence-electron chi connectivity index (χ0n) is 8.48. The summed E-state index contributed by atoms with van der Waals surface area (Å²) in [5, 5.41) is 0. The molecule has 0 atom stereocenters. The maximum absolute atomic E-state index is 12.7. The molecule has 0 saturated heterocycles. The van der Waals surface area contributed by atoms with E-state index >= 15 is 0 Å². The molecule has 76 valence electrons. The third-order valence-electron chi connectivity index (χ3n) is 1.74. The van der Waals surface area contributed by atoms with Gasteiger partial charge in [-0.2, -0.15) is 0 Å². The molecule has 0 nitrogen and oxygen atoms in total. The largest absolute Gasteiger partial charge is 1.00 e. The summed E-state index contributed by atoms with van der Waals surface area (Å²) in [5.41, 5.74) is 0.868. The van der Waals surface area contributed by atoms with Crippen molar-refractivity contribution in [2.24, 2.45) is 0 Å². The molecule has 0 radical (unpaired) electrons. The first kappa shape index (κ1) is 15.4. The maximum atomic E-state index is 12.7. The molecule has 15 heavy (non-hydrogen) atoms. The van der Waals surface area contributed by atoms with Crippen molar-refractivity contribution in [3.05, 3.63) is 41.1 Å². The molecule has 0 heterocycles. The predicted octanol–water partition coefficient (Wildman–Crippen LogP) is 0.538. The van der Waals surface area contributed by atoms with E-state index in [9.17, 15) is 17.3 Å². The second-order valence-electron chi connectivity index (χ2n) is 2.99. The van der Waals surface area contributed by atoms with Crippen molar-refractivity contribution in [3.8, 4) is 0 Å². The Balaban J connectivity index is 0.00000196. The van der Waals surface area contributed by atoms with Gasteiger partial charge in [0.1, 0.15) is 5.82 Å². The average molecular weight is 242 g/mol. The van der Waals surface area contributed by atoms with Crippen molar-refractivity contribution >= 4 is 13.1 Å². The summed E-state index contributed by atoms with van der Waals surface area (Å²) in [6.45, 7) is -3.33. The van der Waals surface area contributed by atoms with Crippen LogP contribution in [-0.4, -0.2) is 6.98 Å². The summed E-state index contributed by atoms with van der Waals surface area (Å²) in [4.78, 5) is 0. The van der Waals surface area contributed by atoms with Crippen molar-refractivity contribution < 1.29 is 68.7 Å². The van der Waals surface area contributed by atoms with E-state index in [4.69, 9.17) is 0 Å². The van der Waals surface area contributed by atoms with Crippen LogP contribution >= 0.6 is 0 Å². The van der Waals surface area contributed by atoms with Crippen LogP contribution in [0.15, 0.2) is 24.2 Å². The topological polar surface area (TPSA) is 0 Å². The fourth-order valence-electron chi connectivity index (χ4n) is 1.00. The number of rotatable bonds is 2. The molecule has 0 aromatic heterocycles. The number of halogens is 4. The molecular weight excluding hydrogens is 234 g/mol. The van der Waals surface area contributed by atoms with Gasteiger partial charge in [0.15, 0.2) is 0 Å². The minimum absolute atomic E-state index is 0. The van der Waals surface area contributed by atoms with Crippen molar-refractivity contribution in [2.75, 3.05) is 0 Å². The van der Waals surface area contributed by atoms with Crippen LogP contribution in [0.5, 0.6) is 0 Å². The van der Waals surface area contributed by atoms with Gasteiger partial charge in [-0.3, -0.25) is 0 Å². The van der Waals surface area contributed by atoms with Gasteiger partial charge in [0.25, 0.3) is 0 Å². The molecule has 0 aliphatic rings. The Bertz CT molecular complexity index is 360. The van der Waals surface area contributed by atoms with Crippen LogP contribution in [0.2, 0.25) is 0 Å². The van der Waals surface area contributed by atoms with Gasteiger partial charge in [-0.1, -0.05) is 12.1 Å². The average Bonchev–Trinajstić information content (AvgIpc) is 2.05. The summed E-state index contributed by atoms with van der Waals surface area (Å²) in [5.74, 6) is -0.383. The molecule has 0 fully saturated rings. The number of aryl methyl sites for hydroxylation is 1. The summed E-state index contributed by atoms with van der Waals surface area (Å²) < 4.78 is 48.2. The SMILES string of the molecule is Cc1ccc(F)cc1/C=C/[B-](F)(F)F.[K+]. The predicted molar refractivity (Wildman–Crippen MR) is 49.2 cm³/mol. The van der Waals surface area contributed by atoms with E-state index in [1.807, 2.05) is 0 Å². The van der Waals surface area contributed by atoms with Gasteiger partial charge in [-0.25, -0.2) is 4.39 Å². The normalized spacial score (nSPS) is 11.5. The summed E-state index contributed by atoms with van der Waals surface area (Å²) >= 11 is 0. The summed E-state index contributed by atoms with van der Waals surface area (Å²) in [6, 6.07) is 3.73. The summed E-state index contributed by atoms with van der Waals surface area (Å²) in [6.07, 6.45) is 0.887. The quantitative estimate of drug-likeness (QED) is 0.524. The molecule has 0 aliphatic heterocycles. The van der Waals surface area contributed by atoms with E-state index in [0.29, 0.717) is 5.56 Å². The monoisotopic (exact) mass is 242 g/mol. The Morgan fingerprint density at radius 2 is 1.80 bits per heavy atom. The molecule has 0 saturated carbocycles. The first-order valence-corrected chi connectivity index (χ1v) is 4.04. The minimum Gasteiger partial charge on any atom is -0.445 e.